The molecular formula is C18H34N2O5. The number of aldehydes is 1. The Morgan fingerprint density at radius 1 is 1.24 bits per heavy atom. The molecule has 7 heteroatoms. The topological polar surface area (TPSA) is 95.9 Å². The van der Waals surface area contributed by atoms with Gasteiger partial charge in [0, 0.05) is 13.6 Å². The maximum absolute atomic E-state index is 12.5. The summed E-state index contributed by atoms with van der Waals surface area (Å²) >= 11 is 0. The van der Waals surface area contributed by atoms with Gasteiger partial charge in [-0.1, -0.05) is 34.1 Å². The van der Waals surface area contributed by atoms with E-state index in [9.17, 15) is 19.5 Å². The van der Waals surface area contributed by atoms with E-state index >= 15 is 0 Å². The molecule has 0 aromatic rings. The van der Waals surface area contributed by atoms with E-state index in [0.29, 0.717) is 6.42 Å². The number of likely N-dealkylation sites (N-methyl/N-ethyl adjacent to an activating group) is 1. The SMILES string of the molecule is CCC(C)C(C=O)(CNC(C(=O)O)C(C)C)N(C)C(=O)OC(C)(C)C. The average Bonchev–Trinajstić information content (AvgIpc) is 2.48. The van der Waals surface area contributed by atoms with Gasteiger partial charge in [-0.2, -0.15) is 0 Å². The molecular weight excluding hydrogens is 324 g/mol. The molecule has 0 bridgehead atoms. The first-order valence-electron chi connectivity index (χ1n) is 8.71. The summed E-state index contributed by atoms with van der Waals surface area (Å²) in [6, 6.07) is -0.810. The van der Waals surface area contributed by atoms with Gasteiger partial charge in [0.25, 0.3) is 0 Å². The summed E-state index contributed by atoms with van der Waals surface area (Å²) in [5.74, 6) is -1.33. The van der Waals surface area contributed by atoms with Crippen LogP contribution in [0.1, 0.15) is 54.9 Å². The molecule has 3 unspecified atom stereocenters. The predicted molar refractivity (Wildman–Crippen MR) is 96.5 cm³/mol. The Kier molecular flexibility index (Phi) is 8.58. The minimum Gasteiger partial charge on any atom is -0.480 e. The lowest BCUT2D eigenvalue weighted by molar-refractivity contribution is -0.141. The minimum absolute atomic E-state index is 0.0381. The number of rotatable bonds is 9. The lowest BCUT2D eigenvalue weighted by Gasteiger charge is -2.42. The zero-order chi connectivity index (χ0) is 20.0. The number of nitrogens with zero attached hydrogens (tertiary/aromatic N) is 1. The molecule has 0 aromatic heterocycles. The lowest BCUT2D eigenvalue weighted by atomic mass is 9.82. The van der Waals surface area contributed by atoms with Gasteiger partial charge >= 0.3 is 12.1 Å². The van der Waals surface area contributed by atoms with E-state index in [1.807, 2.05) is 13.8 Å². The first-order valence-corrected chi connectivity index (χ1v) is 8.71. The number of aliphatic carboxylic acids is 1. The van der Waals surface area contributed by atoms with Crippen molar-refractivity contribution in [1.82, 2.24) is 10.2 Å². The molecule has 7 nitrogen and oxygen atoms in total. The van der Waals surface area contributed by atoms with Gasteiger partial charge in [0.05, 0.1) is 0 Å². The molecule has 0 radical (unpaired) electrons. The van der Waals surface area contributed by atoms with Crippen LogP contribution >= 0.6 is 0 Å². The van der Waals surface area contributed by atoms with Crippen molar-refractivity contribution < 1.29 is 24.2 Å². The highest BCUT2D eigenvalue weighted by molar-refractivity contribution is 5.78. The van der Waals surface area contributed by atoms with Crippen molar-refractivity contribution in [3.05, 3.63) is 0 Å². The lowest BCUT2D eigenvalue weighted by Crippen LogP contribution is -2.63. The number of hydrogen-bond acceptors (Lipinski definition) is 5. The molecule has 0 aliphatic heterocycles. The van der Waals surface area contributed by atoms with Crippen LogP contribution in [0.25, 0.3) is 0 Å². The van der Waals surface area contributed by atoms with E-state index in [4.69, 9.17) is 4.74 Å². The Labute approximate surface area is 151 Å². The molecule has 0 aliphatic rings. The van der Waals surface area contributed by atoms with Gasteiger partial charge in [0.1, 0.15) is 23.5 Å². The van der Waals surface area contributed by atoms with Gasteiger partial charge in [-0.25, -0.2) is 4.79 Å². The van der Waals surface area contributed by atoms with E-state index in [2.05, 4.69) is 5.32 Å². The zero-order valence-electron chi connectivity index (χ0n) is 16.8. The molecule has 0 fully saturated rings. The minimum atomic E-state index is -1.19. The van der Waals surface area contributed by atoms with Gasteiger partial charge in [0.2, 0.25) is 0 Å². The molecule has 0 saturated carbocycles. The first-order chi connectivity index (χ1) is 11.3. The third-order valence-electron chi connectivity index (χ3n) is 4.50. The molecule has 0 aromatic carbocycles. The van der Waals surface area contributed by atoms with Crippen LogP contribution in [0.5, 0.6) is 0 Å². The maximum atomic E-state index is 12.5. The third-order valence-corrected chi connectivity index (χ3v) is 4.50. The average molecular weight is 358 g/mol. The summed E-state index contributed by atoms with van der Waals surface area (Å²) in [7, 11) is 1.52. The largest absolute Gasteiger partial charge is 0.480 e. The molecule has 0 spiro atoms. The third kappa shape index (κ3) is 6.30. The fourth-order valence-corrected chi connectivity index (χ4v) is 2.60. The van der Waals surface area contributed by atoms with Crippen molar-refractivity contribution in [2.75, 3.05) is 13.6 Å². The molecule has 2 N–H and O–H groups in total. The van der Waals surface area contributed by atoms with Crippen molar-refractivity contribution in [3.8, 4) is 0 Å². The molecule has 25 heavy (non-hydrogen) atoms. The summed E-state index contributed by atoms with van der Waals surface area (Å²) in [5.41, 5.74) is -1.88. The molecule has 3 atom stereocenters. The Balaban J connectivity index is 5.61. The monoisotopic (exact) mass is 358 g/mol. The summed E-state index contributed by atoms with van der Waals surface area (Å²) in [4.78, 5) is 37.3. The van der Waals surface area contributed by atoms with Gasteiger partial charge in [-0.05, 0) is 32.6 Å². The van der Waals surface area contributed by atoms with Crippen LogP contribution in [0, 0.1) is 11.8 Å². The van der Waals surface area contributed by atoms with Gasteiger partial charge < -0.3 is 20.0 Å². The van der Waals surface area contributed by atoms with Crippen LogP contribution in [-0.4, -0.2) is 59.1 Å². The van der Waals surface area contributed by atoms with Crippen LogP contribution in [-0.2, 0) is 14.3 Å². The first kappa shape index (κ1) is 23.4. The Morgan fingerprint density at radius 2 is 1.76 bits per heavy atom. The van der Waals surface area contributed by atoms with Crippen LogP contribution in [0.15, 0.2) is 0 Å². The highest BCUT2D eigenvalue weighted by Crippen LogP contribution is 2.26. The number of nitrogens with one attached hydrogen (secondary N) is 1. The molecule has 146 valence electrons. The van der Waals surface area contributed by atoms with E-state index in [0.717, 1.165) is 6.29 Å². The maximum Gasteiger partial charge on any atom is 0.410 e. The van der Waals surface area contributed by atoms with Crippen LogP contribution < -0.4 is 5.32 Å². The number of ether oxygens (including phenoxy) is 1. The zero-order valence-corrected chi connectivity index (χ0v) is 16.8. The van der Waals surface area contributed by atoms with E-state index in [-0.39, 0.29) is 18.4 Å². The van der Waals surface area contributed by atoms with Crippen molar-refractivity contribution in [2.45, 2.75) is 72.1 Å². The highest BCUT2D eigenvalue weighted by atomic mass is 16.6. The quantitative estimate of drug-likeness (QED) is 0.615. The number of carbonyl (C=O) groups is 3. The summed E-state index contributed by atoms with van der Waals surface area (Å²) < 4.78 is 5.39. The number of carbonyl (C=O) groups excluding carboxylic acids is 2. The molecule has 0 rings (SSSR count). The fraction of sp³-hybridized carbons (Fsp3) is 0.833. The second-order valence-electron chi connectivity index (χ2n) is 7.90. The number of carboxylic acids is 1. The standard InChI is InChI=1S/C18H34N2O5/c1-9-13(4)18(11-21,10-19-14(12(2)3)15(22)23)20(8)16(24)25-17(5,6)7/h11-14,19H,9-10H2,1-8H3,(H,22,23). The smallest absolute Gasteiger partial charge is 0.410 e. The van der Waals surface area contributed by atoms with Gasteiger partial charge in [-0.15, -0.1) is 0 Å². The Bertz CT molecular complexity index is 473. The van der Waals surface area contributed by atoms with Crippen molar-refractivity contribution in [3.63, 3.8) is 0 Å². The van der Waals surface area contributed by atoms with Crippen LogP contribution in [0.3, 0.4) is 0 Å². The number of amides is 1. The normalized spacial score (nSPS) is 16.7. The Morgan fingerprint density at radius 3 is 2.08 bits per heavy atom. The second kappa shape index (κ2) is 9.17. The van der Waals surface area contributed by atoms with Crippen molar-refractivity contribution in [2.24, 2.45) is 11.8 Å². The van der Waals surface area contributed by atoms with Crippen molar-refractivity contribution >= 4 is 18.3 Å². The second-order valence-corrected chi connectivity index (χ2v) is 7.90. The van der Waals surface area contributed by atoms with Crippen molar-refractivity contribution in [1.29, 1.82) is 0 Å². The molecule has 0 aliphatic carbocycles. The van der Waals surface area contributed by atoms with Gasteiger partial charge in [-0.3, -0.25) is 9.69 Å². The summed E-state index contributed by atoms with van der Waals surface area (Å²) in [6.07, 6.45) is 0.753. The van der Waals surface area contributed by atoms with Crippen LogP contribution in [0.4, 0.5) is 4.79 Å². The van der Waals surface area contributed by atoms with E-state index < -0.39 is 29.2 Å². The predicted octanol–water partition coefficient (Wildman–Crippen LogP) is 2.54. The Hall–Kier alpha value is -1.63. The fourth-order valence-electron chi connectivity index (χ4n) is 2.60. The summed E-state index contributed by atoms with van der Waals surface area (Å²) in [6.45, 7) is 12.7. The van der Waals surface area contributed by atoms with E-state index in [1.54, 1.807) is 34.6 Å². The molecule has 0 heterocycles. The number of hydrogen-bond donors (Lipinski definition) is 2. The van der Waals surface area contributed by atoms with Crippen LogP contribution in [0.2, 0.25) is 0 Å². The van der Waals surface area contributed by atoms with Gasteiger partial charge in [0.15, 0.2) is 0 Å². The summed E-state index contributed by atoms with van der Waals surface area (Å²) in [5, 5.41) is 12.3. The van der Waals surface area contributed by atoms with E-state index in [1.165, 1.54) is 11.9 Å². The molecule has 1 amide bonds. The number of carboxylic acid groups (broad SMARTS) is 1. The highest BCUT2D eigenvalue weighted by Gasteiger charge is 2.44. The molecule has 0 saturated heterocycles.